The Kier molecular flexibility index (Phi) is 7.67. The first kappa shape index (κ1) is 29.0. The van der Waals surface area contributed by atoms with Crippen LogP contribution in [0.2, 0.25) is 0 Å². The Morgan fingerprint density at radius 1 is 0.532 bits per heavy atom. The Labute approximate surface area is 276 Å². The molecule has 230 valence electrons. The van der Waals surface area contributed by atoms with Crippen LogP contribution in [0.3, 0.4) is 0 Å². The predicted octanol–water partition coefficient (Wildman–Crippen LogP) is 11.8. The number of fused-ring (bicyclic) bond motifs is 7. The van der Waals surface area contributed by atoms with Gasteiger partial charge >= 0.3 is 0 Å². The molecule has 3 heteroatoms. The van der Waals surface area contributed by atoms with Gasteiger partial charge in [-0.3, -0.25) is 4.57 Å². The van der Waals surface area contributed by atoms with Crippen LogP contribution < -0.4 is 0 Å². The molecule has 0 saturated carbocycles. The van der Waals surface area contributed by atoms with Crippen LogP contribution in [0.1, 0.15) is 44.4 Å². The molecule has 1 aliphatic rings. The van der Waals surface area contributed by atoms with Crippen molar-refractivity contribution in [2.75, 3.05) is 0 Å². The largest absolute Gasteiger partial charge is 0.309 e. The SMILES string of the molecule is CCC.c1ccc(-c2cc(-c3ccccc3)nc(-n3c4c(c5c6c7ccccc7n(-c7ccccc7)c6ccc53)CCCC4)c2)cc1. The molecule has 8 aromatic rings. The summed E-state index contributed by atoms with van der Waals surface area (Å²) < 4.78 is 4.91. The third kappa shape index (κ3) is 5.03. The van der Waals surface area contributed by atoms with E-state index in [1.807, 2.05) is 0 Å². The zero-order valence-corrected chi connectivity index (χ0v) is 27.2. The number of pyridine rings is 1. The van der Waals surface area contributed by atoms with Crippen molar-refractivity contribution in [2.45, 2.75) is 46.0 Å². The Bertz CT molecular complexity index is 2270. The third-order valence-corrected chi connectivity index (χ3v) is 9.30. The summed E-state index contributed by atoms with van der Waals surface area (Å²) in [7, 11) is 0. The molecule has 3 aromatic heterocycles. The predicted molar refractivity (Wildman–Crippen MR) is 199 cm³/mol. The minimum Gasteiger partial charge on any atom is -0.309 e. The van der Waals surface area contributed by atoms with E-state index in [2.05, 4.69) is 163 Å². The van der Waals surface area contributed by atoms with Gasteiger partial charge in [-0.25, -0.2) is 4.98 Å². The Morgan fingerprint density at radius 3 is 1.85 bits per heavy atom. The van der Waals surface area contributed by atoms with Crippen LogP contribution in [0, 0.1) is 0 Å². The number of hydrogen-bond acceptors (Lipinski definition) is 1. The Hall–Kier alpha value is -5.41. The van der Waals surface area contributed by atoms with Crippen LogP contribution in [0.15, 0.2) is 140 Å². The number of benzene rings is 5. The van der Waals surface area contributed by atoms with Gasteiger partial charge in [0.05, 0.1) is 22.2 Å². The summed E-state index contributed by atoms with van der Waals surface area (Å²) in [5.41, 5.74) is 12.3. The highest BCUT2D eigenvalue weighted by Gasteiger charge is 2.26. The fourth-order valence-corrected chi connectivity index (χ4v) is 7.39. The third-order valence-electron chi connectivity index (χ3n) is 9.30. The van der Waals surface area contributed by atoms with Crippen molar-refractivity contribution in [2.24, 2.45) is 0 Å². The van der Waals surface area contributed by atoms with Crippen LogP contribution in [0.4, 0.5) is 0 Å². The lowest BCUT2D eigenvalue weighted by atomic mass is 9.94. The second kappa shape index (κ2) is 12.4. The molecular weight excluding hydrogens is 571 g/mol. The first-order chi connectivity index (χ1) is 23.3. The van der Waals surface area contributed by atoms with Gasteiger partial charge in [0.1, 0.15) is 5.82 Å². The van der Waals surface area contributed by atoms with E-state index in [0.717, 1.165) is 29.9 Å². The molecule has 9 rings (SSSR count). The average molecular weight is 610 g/mol. The second-order valence-corrected chi connectivity index (χ2v) is 12.5. The van der Waals surface area contributed by atoms with Crippen LogP contribution in [-0.4, -0.2) is 14.1 Å². The highest BCUT2D eigenvalue weighted by atomic mass is 15.1. The van der Waals surface area contributed by atoms with E-state index in [4.69, 9.17) is 4.98 Å². The summed E-state index contributed by atoms with van der Waals surface area (Å²) in [6.07, 6.45) is 5.81. The first-order valence-electron chi connectivity index (χ1n) is 17.0. The van der Waals surface area contributed by atoms with Gasteiger partial charge in [0.15, 0.2) is 0 Å². The molecule has 0 N–H and O–H groups in total. The lowest BCUT2D eigenvalue weighted by molar-refractivity contribution is 0.665. The summed E-state index contributed by atoms with van der Waals surface area (Å²) >= 11 is 0. The highest BCUT2D eigenvalue weighted by molar-refractivity contribution is 6.22. The summed E-state index contributed by atoms with van der Waals surface area (Å²) in [4.78, 5) is 5.38. The fourth-order valence-electron chi connectivity index (χ4n) is 7.39. The summed E-state index contributed by atoms with van der Waals surface area (Å²) in [5, 5.41) is 4.04. The number of nitrogens with zero attached hydrogens (tertiary/aromatic N) is 3. The molecule has 0 aliphatic heterocycles. The Morgan fingerprint density at radius 2 is 1.13 bits per heavy atom. The van der Waals surface area contributed by atoms with Crippen molar-refractivity contribution >= 4 is 32.7 Å². The maximum atomic E-state index is 5.38. The zero-order chi connectivity index (χ0) is 31.7. The lowest BCUT2D eigenvalue weighted by Gasteiger charge is -2.17. The molecule has 0 unspecified atom stereocenters. The van der Waals surface area contributed by atoms with Gasteiger partial charge in [0, 0.05) is 33.1 Å². The molecule has 0 spiro atoms. The smallest absolute Gasteiger partial charge is 0.138 e. The van der Waals surface area contributed by atoms with Gasteiger partial charge in [-0.1, -0.05) is 117 Å². The van der Waals surface area contributed by atoms with E-state index in [1.54, 1.807) is 0 Å². The first-order valence-corrected chi connectivity index (χ1v) is 17.0. The van der Waals surface area contributed by atoms with Gasteiger partial charge in [0.2, 0.25) is 0 Å². The number of hydrogen-bond donors (Lipinski definition) is 0. The molecule has 3 nitrogen and oxygen atoms in total. The van der Waals surface area contributed by atoms with Crippen molar-refractivity contribution in [3.05, 3.63) is 151 Å². The molecule has 3 heterocycles. The van der Waals surface area contributed by atoms with Crippen molar-refractivity contribution in [3.8, 4) is 33.9 Å². The van der Waals surface area contributed by atoms with Crippen LogP contribution in [0.25, 0.3) is 66.6 Å². The van der Waals surface area contributed by atoms with Crippen molar-refractivity contribution in [3.63, 3.8) is 0 Å². The van der Waals surface area contributed by atoms with Crippen molar-refractivity contribution in [1.29, 1.82) is 0 Å². The van der Waals surface area contributed by atoms with Gasteiger partial charge in [-0.15, -0.1) is 0 Å². The van der Waals surface area contributed by atoms with E-state index in [1.165, 1.54) is 80.0 Å². The van der Waals surface area contributed by atoms with E-state index in [9.17, 15) is 0 Å². The quantitative estimate of drug-likeness (QED) is 0.195. The molecule has 0 radical (unpaired) electrons. The summed E-state index contributed by atoms with van der Waals surface area (Å²) in [6, 6.07) is 50.1. The topological polar surface area (TPSA) is 22.8 Å². The zero-order valence-electron chi connectivity index (χ0n) is 27.2. The van der Waals surface area contributed by atoms with Crippen LogP contribution in [0.5, 0.6) is 0 Å². The average Bonchev–Trinajstić information content (AvgIpc) is 3.66. The molecule has 0 saturated heterocycles. The molecule has 0 bridgehead atoms. The molecule has 0 atom stereocenters. The van der Waals surface area contributed by atoms with Gasteiger partial charge in [-0.2, -0.15) is 0 Å². The standard InChI is InChI=1S/C41H31N3.C3H8/c1-4-14-28(15-5-1)30-26-34(29-16-6-2-7-17-29)42-39(27-30)44-36-23-13-11-21-33(36)41-38(44)25-24-37-40(41)32-20-10-12-22-35(32)43(37)31-18-8-3-9-19-31;1-3-2/h1-10,12,14-20,22,24-27H,11,13,21,23H2;3H2,1-2H3. The summed E-state index contributed by atoms with van der Waals surface area (Å²) in [5.74, 6) is 0.990. The van der Waals surface area contributed by atoms with Crippen molar-refractivity contribution in [1.82, 2.24) is 14.1 Å². The summed E-state index contributed by atoms with van der Waals surface area (Å²) in [6.45, 7) is 4.25. The van der Waals surface area contributed by atoms with Gasteiger partial charge < -0.3 is 4.57 Å². The molecule has 1 aliphatic carbocycles. The van der Waals surface area contributed by atoms with E-state index in [0.29, 0.717) is 0 Å². The molecule has 0 amide bonds. The van der Waals surface area contributed by atoms with E-state index in [-0.39, 0.29) is 0 Å². The number of para-hydroxylation sites is 2. The minimum absolute atomic E-state index is 0.990. The molecule has 5 aromatic carbocycles. The van der Waals surface area contributed by atoms with E-state index >= 15 is 0 Å². The second-order valence-electron chi connectivity index (χ2n) is 12.5. The molecule has 47 heavy (non-hydrogen) atoms. The van der Waals surface area contributed by atoms with Crippen LogP contribution in [-0.2, 0) is 12.8 Å². The fraction of sp³-hybridized carbons (Fsp3) is 0.159. The van der Waals surface area contributed by atoms with E-state index < -0.39 is 0 Å². The molecule has 0 fully saturated rings. The minimum atomic E-state index is 0.990. The van der Waals surface area contributed by atoms with Crippen LogP contribution >= 0.6 is 0 Å². The number of rotatable bonds is 4. The Balaban J connectivity index is 0.00000104. The number of aryl methyl sites for hydroxylation is 1. The molecular formula is C44H39N3. The maximum absolute atomic E-state index is 5.38. The number of aromatic nitrogens is 3. The normalized spacial score (nSPS) is 12.6. The van der Waals surface area contributed by atoms with Gasteiger partial charge in [-0.05, 0) is 84.8 Å². The monoisotopic (exact) mass is 609 g/mol. The van der Waals surface area contributed by atoms with Crippen molar-refractivity contribution < 1.29 is 0 Å². The van der Waals surface area contributed by atoms with Gasteiger partial charge in [0.25, 0.3) is 0 Å². The highest BCUT2D eigenvalue weighted by Crippen LogP contribution is 2.43. The maximum Gasteiger partial charge on any atom is 0.138 e. The lowest BCUT2D eigenvalue weighted by Crippen LogP contribution is -2.08.